The number of hydrogen-bond donors (Lipinski definition) is 1. The third-order valence-electron chi connectivity index (χ3n) is 8.14. The number of aromatic hydroxyl groups is 1. The highest BCUT2D eigenvalue weighted by atomic mass is 16.3. The Morgan fingerprint density at radius 3 is 2.07 bits per heavy atom. The Labute approximate surface area is 258 Å². The van der Waals surface area contributed by atoms with E-state index in [0.29, 0.717) is 11.4 Å². The van der Waals surface area contributed by atoms with E-state index in [9.17, 15) is 5.11 Å². The lowest BCUT2D eigenvalue weighted by atomic mass is 9.86. The van der Waals surface area contributed by atoms with Crippen molar-refractivity contribution in [1.29, 1.82) is 0 Å². The molecule has 0 unspecified atom stereocenters. The van der Waals surface area contributed by atoms with Gasteiger partial charge in [-0.1, -0.05) is 106 Å². The standard InChI is InChI=1S/C40H33N3O/c1-40(2,3)31-20-21-37(44)34(26-31)39-42-38-33(18-11-19-36(38)43(39)32-16-8-5-9-17-32)29-14-10-15-30(24-29)35-25-28(22-23-41-35)27-12-6-4-7-13-27/h4-26,44H,1-3H3. The minimum absolute atomic E-state index is 0.0799. The summed E-state index contributed by atoms with van der Waals surface area (Å²) in [6, 6.07) is 45.4. The van der Waals surface area contributed by atoms with Gasteiger partial charge in [-0.25, -0.2) is 4.98 Å². The largest absolute Gasteiger partial charge is 0.507 e. The number of benzene rings is 5. The Bertz CT molecular complexity index is 2110. The van der Waals surface area contributed by atoms with E-state index in [1.165, 1.54) is 0 Å². The lowest BCUT2D eigenvalue weighted by Crippen LogP contribution is -2.11. The van der Waals surface area contributed by atoms with Crippen LogP contribution in [0.2, 0.25) is 0 Å². The van der Waals surface area contributed by atoms with Crippen LogP contribution in [0.4, 0.5) is 0 Å². The number of imidazole rings is 1. The highest BCUT2D eigenvalue weighted by molar-refractivity contribution is 5.96. The first kappa shape index (κ1) is 27.4. The van der Waals surface area contributed by atoms with E-state index < -0.39 is 0 Å². The Morgan fingerprint density at radius 1 is 0.591 bits per heavy atom. The van der Waals surface area contributed by atoms with Crippen molar-refractivity contribution >= 4 is 11.0 Å². The molecule has 4 nitrogen and oxygen atoms in total. The number of aromatic nitrogens is 3. The molecule has 0 aliphatic heterocycles. The van der Waals surface area contributed by atoms with Gasteiger partial charge in [-0.05, 0) is 76.2 Å². The second-order valence-electron chi connectivity index (χ2n) is 12.1. The first-order chi connectivity index (χ1) is 21.4. The van der Waals surface area contributed by atoms with Crippen molar-refractivity contribution < 1.29 is 5.11 Å². The molecular weight excluding hydrogens is 538 g/mol. The fourth-order valence-electron chi connectivity index (χ4n) is 5.78. The zero-order valence-corrected chi connectivity index (χ0v) is 25.1. The SMILES string of the molecule is CC(C)(C)c1ccc(O)c(-c2nc3c(-c4cccc(-c5cc(-c6ccccc6)ccn5)c4)cccc3n2-c2ccccc2)c1. The summed E-state index contributed by atoms with van der Waals surface area (Å²) in [6.07, 6.45) is 1.87. The van der Waals surface area contributed by atoms with Crippen LogP contribution >= 0.6 is 0 Å². The van der Waals surface area contributed by atoms with Crippen molar-refractivity contribution in [2.45, 2.75) is 26.2 Å². The van der Waals surface area contributed by atoms with E-state index in [2.05, 4.69) is 116 Å². The zero-order chi connectivity index (χ0) is 30.3. The molecule has 214 valence electrons. The van der Waals surface area contributed by atoms with Crippen molar-refractivity contribution in [2.24, 2.45) is 0 Å². The van der Waals surface area contributed by atoms with Gasteiger partial charge in [-0.2, -0.15) is 0 Å². The number of hydrogen-bond acceptors (Lipinski definition) is 3. The second kappa shape index (κ2) is 11.0. The summed E-state index contributed by atoms with van der Waals surface area (Å²) in [7, 11) is 0. The van der Waals surface area contributed by atoms with Gasteiger partial charge < -0.3 is 5.11 Å². The normalized spacial score (nSPS) is 11.6. The van der Waals surface area contributed by atoms with Crippen LogP contribution in [0.3, 0.4) is 0 Å². The van der Waals surface area contributed by atoms with Crippen LogP contribution < -0.4 is 0 Å². The minimum atomic E-state index is -0.0799. The van der Waals surface area contributed by atoms with Crippen LogP contribution in [0.1, 0.15) is 26.3 Å². The molecule has 0 amide bonds. The van der Waals surface area contributed by atoms with Crippen LogP contribution in [0.5, 0.6) is 5.75 Å². The molecule has 0 bridgehead atoms. The number of para-hydroxylation sites is 2. The predicted molar refractivity (Wildman–Crippen MR) is 181 cm³/mol. The molecule has 44 heavy (non-hydrogen) atoms. The van der Waals surface area contributed by atoms with Gasteiger partial charge in [0.05, 0.1) is 22.3 Å². The summed E-state index contributed by atoms with van der Waals surface area (Å²) in [5.41, 5.74) is 10.9. The molecule has 2 aromatic heterocycles. The lowest BCUT2D eigenvalue weighted by Gasteiger charge is -2.20. The molecule has 0 atom stereocenters. The topological polar surface area (TPSA) is 50.9 Å². The van der Waals surface area contributed by atoms with Crippen LogP contribution in [0, 0.1) is 0 Å². The van der Waals surface area contributed by atoms with Crippen LogP contribution in [-0.2, 0) is 5.41 Å². The number of phenols is 1. The maximum atomic E-state index is 11.1. The van der Waals surface area contributed by atoms with E-state index in [4.69, 9.17) is 9.97 Å². The molecule has 7 rings (SSSR count). The van der Waals surface area contributed by atoms with Gasteiger partial charge >= 0.3 is 0 Å². The fourth-order valence-corrected chi connectivity index (χ4v) is 5.78. The van der Waals surface area contributed by atoms with Crippen molar-refractivity contribution in [3.63, 3.8) is 0 Å². The van der Waals surface area contributed by atoms with Crippen LogP contribution in [0.25, 0.3) is 61.6 Å². The lowest BCUT2D eigenvalue weighted by molar-refractivity contribution is 0.475. The van der Waals surface area contributed by atoms with E-state index in [1.807, 2.05) is 42.6 Å². The molecule has 1 N–H and O–H groups in total. The molecule has 2 heterocycles. The quantitative estimate of drug-likeness (QED) is 0.224. The molecule has 0 radical (unpaired) electrons. The fraction of sp³-hybridized carbons (Fsp3) is 0.100. The molecule has 0 saturated carbocycles. The van der Waals surface area contributed by atoms with Crippen molar-refractivity contribution in [1.82, 2.24) is 14.5 Å². The molecule has 4 heteroatoms. The average molecular weight is 572 g/mol. The van der Waals surface area contributed by atoms with E-state index in [1.54, 1.807) is 6.07 Å². The molecule has 0 saturated heterocycles. The third kappa shape index (κ3) is 5.05. The Balaban J connectivity index is 1.41. The third-order valence-corrected chi connectivity index (χ3v) is 8.14. The van der Waals surface area contributed by atoms with E-state index >= 15 is 0 Å². The zero-order valence-electron chi connectivity index (χ0n) is 25.1. The van der Waals surface area contributed by atoms with Crippen molar-refractivity contribution in [3.05, 3.63) is 145 Å². The first-order valence-corrected chi connectivity index (χ1v) is 14.9. The predicted octanol–water partition coefficient (Wildman–Crippen LogP) is 10.1. The van der Waals surface area contributed by atoms with E-state index in [0.717, 1.165) is 55.8 Å². The molecule has 0 aliphatic rings. The summed E-state index contributed by atoms with van der Waals surface area (Å²) in [5.74, 6) is 0.911. The number of fused-ring (bicyclic) bond motifs is 1. The number of nitrogens with zero attached hydrogens (tertiary/aromatic N) is 3. The number of rotatable bonds is 5. The Kier molecular flexibility index (Phi) is 6.83. The molecule has 0 spiro atoms. The molecular formula is C40H33N3O. The first-order valence-electron chi connectivity index (χ1n) is 14.9. The van der Waals surface area contributed by atoms with Crippen LogP contribution in [-0.4, -0.2) is 19.6 Å². The average Bonchev–Trinajstić information content (AvgIpc) is 3.45. The summed E-state index contributed by atoms with van der Waals surface area (Å²) in [6.45, 7) is 6.54. The highest BCUT2D eigenvalue weighted by Crippen LogP contribution is 2.39. The number of pyridine rings is 1. The van der Waals surface area contributed by atoms with Gasteiger partial charge in [0, 0.05) is 23.0 Å². The van der Waals surface area contributed by atoms with Gasteiger partial charge in [0.2, 0.25) is 0 Å². The van der Waals surface area contributed by atoms with Crippen molar-refractivity contribution in [2.75, 3.05) is 0 Å². The highest BCUT2D eigenvalue weighted by Gasteiger charge is 2.22. The Hall–Kier alpha value is -5.48. The molecule has 5 aromatic carbocycles. The maximum absolute atomic E-state index is 11.1. The number of phenolic OH excluding ortho intramolecular Hbond substituents is 1. The van der Waals surface area contributed by atoms with Crippen molar-refractivity contribution in [3.8, 4) is 56.3 Å². The van der Waals surface area contributed by atoms with Gasteiger partial charge in [-0.15, -0.1) is 0 Å². The van der Waals surface area contributed by atoms with E-state index in [-0.39, 0.29) is 11.2 Å². The second-order valence-corrected chi connectivity index (χ2v) is 12.1. The van der Waals surface area contributed by atoms with Crippen LogP contribution in [0.15, 0.2) is 140 Å². The monoisotopic (exact) mass is 571 g/mol. The van der Waals surface area contributed by atoms with Gasteiger partial charge in [0.1, 0.15) is 11.6 Å². The van der Waals surface area contributed by atoms with Gasteiger partial charge in [0.25, 0.3) is 0 Å². The molecule has 0 fully saturated rings. The smallest absolute Gasteiger partial charge is 0.149 e. The summed E-state index contributed by atoms with van der Waals surface area (Å²) < 4.78 is 2.15. The van der Waals surface area contributed by atoms with Gasteiger partial charge in [-0.3, -0.25) is 9.55 Å². The summed E-state index contributed by atoms with van der Waals surface area (Å²) in [4.78, 5) is 9.98. The summed E-state index contributed by atoms with van der Waals surface area (Å²) in [5, 5.41) is 11.1. The van der Waals surface area contributed by atoms with Gasteiger partial charge in [0.15, 0.2) is 0 Å². The Morgan fingerprint density at radius 2 is 1.30 bits per heavy atom. The molecule has 0 aliphatic carbocycles. The minimum Gasteiger partial charge on any atom is -0.507 e. The maximum Gasteiger partial charge on any atom is 0.149 e. The summed E-state index contributed by atoms with van der Waals surface area (Å²) >= 11 is 0. The molecule has 7 aromatic rings.